The van der Waals surface area contributed by atoms with Gasteiger partial charge >= 0.3 is 5.97 Å². The molecule has 2 bridgehead atoms. The zero-order chi connectivity index (χ0) is 49.7. The predicted octanol–water partition coefficient (Wildman–Crippen LogP) is 4.75. The SMILES string of the molecule is CC[C@H]1OC(=O)[C@H](C)[C@@H](O[C@H]2C[C@@](C)(OC)[C@H](N)[C@H](C)O2)[C@H](C)[C@@H](O[C@@H]2O[C@H](C)C[C@H](N(C)C)[C@H]2O)[C@@]2(C)C[C@H](C)NC[C@H](C)[C@@H](CC/C(=N\OCc3ccc(-n4cccn4)nc3)CO2)[C@]1(C)O. The minimum Gasteiger partial charge on any atom is -0.459 e. The number of carbonyl (C=O) groups is 1. The largest absolute Gasteiger partial charge is 0.459 e. The maximum absolute atomic E-state index is 14.8. The Balaban J connectivity index is 1.46. The van der Waals surface area contributed by atoms with Crippen LogP contribution in [0.1, 0.15) is 113 Å². The first-order valence-corrected chi connectivity index (χ1v) is 24.8. The molecular weight excluding hydrogens is 875 g/mol. The van der Waals surface area contributed by atoms with Crippen molar-refractivity contribution in [1.82, 2.24) is 25.0 Å². The van der Waals surface area contributed by atoms with Gasteiger partial charge in [-0.3, -0.25) is 4.79 Å². The second-order valence-corrected chi connectivity index (χ2v) is 21.1. The van der Waals surface area contributed by atoms with E-state index in [4.69, 9.17) is 48.9 Å². The Morgan fingerprint density at radius 3 is 2.47 bits per heavy atom. The Bertz CT molecular complexity index is 1920. The molecule has 5 saturated heterocycles. The lowest BCUT2D eigenvalue weighted by Gasteiger charge is -2.50. The van der Waals surface area contributed by atoms with E-state index in [9.17, 15) is 15.0 Å². The zero-order valence-corrected chi connectivity index (χ0v) is 42.9. The van der Waals surface area contributed by atoms with Crippen LogP contribution in [-0.4, -0.2) is 160 Å². The van der Waals surface area contributed by atoms with Crippen LogP contribution in [0.3, 0.4) is 0 Å². The van der Waals surface area contributed by atoms with Crippen LogP contribution in [0.5, 0.6) is 0 Å². The number of aliphatic hydroxyl groups excluding tert-OH is 1. The van der Waals surface area contributed by atoms with Gasteiger partial charge in [0, 0.05) is 55.7 Å². The second-order valence-electron chi connectivity index (χ2n) is 21.1. The molecule has 0 aromatic carbocycles. The first kappa shape index (κ1) is 54.2. The summed E-state index contributed by atoms with van der Waals surface area (Å²) in [5.74, 6) is -1.83. The Morgan fingerprint density at radius 1 is 1.07 bits per heavy atom. The van der Waals surface area contributed by atoms with Gasteiger partial charge < -0.3 is 64.2 Å². The van der Waals surface area contributed by atoms with E-state index >= 15 is 0 Å². The summed E-state index contributed by atoms with van der Waals surface area (Å²) in [5, 5.41) is 37.5. The number of methoxy groups -OCH3 is 1. The zero-order valence-electron chi connectivity index (χ0n) is 42.9. The molecule has 7 heterocycles. The molecule has 5 aliphatic rings. The van der Waals surface area contributed by atoms with Gasteiger partial charge in [0.15, 0.2) is 18.4 Å². The highest BCUT2D eigenvalue weighted by Crippen LogP contribution is 2.42. The van der Waals surface area contributed by atoms with Crippen LogP contribution < -0.4 is 11.1 Å². The number of aromatic nitrogens is 3. The fourth-order valence-electron chi connectivity index (χ4n) is 11.1. The average Bonchev–Trinajstić information content (AvgIpc) is 3.84. The van der Waals surface area contributed by atoms with E-state index in [2.05, 4.69) is 29.2 Å². The van der Waals surface area contributed by atoms with Crippen molar-refractivity contribution in [1.29, 1.82) is 0 Å². The highest BCUT2D eigenvalue weighted by atomic mass is 16.7. The molecule has 5 N–H and O–H groups in total. The van der Waals surface area contributed by atoms with Gasteiger partial charge in [-0.05, 0) is 125 Å². The van der Waals surface area contributed by atoms with Crippen molar-refractivity contribution in [3.05, 3.63) is 42.4 Å². The molecule has 0 radical (unpaired) electrons. The number of pyridine rings is 1. The number of nitrogens with one attached hydrogen (secondary N) is 1. The molecule has 18 atom stereocenters. The lowest BCUT2D eigenvalue weighted by molar-refractivity contribution is -0.313. The van der Waals surface area contributed by atoms with Crippen molar-refractivity contribution < 1.29 is 53.0 Å². The molecule has 5 aliphatic heterocycles. The first-order chi connectivity index (χ1) is 32.1. The van der Waals surface area contributed by atoms with Crippen molar-refractivity contribution in [2.45, 2.75) is 199 Å². The summed E-state index contributed by atoms with van der Waals surface area (Å²) < 4.78 is 48.6. The lowest BCUT2D eigenvalue weighted by Crippen LogP contribution is -2.62. The molecule has 384 valence electrons. The van der Waals surface area contributed by atoms with Gasteiger partial charge in [0.25, 0.3) is 0 Å². The molecular formula is C50H83N7O11. The van der Waals surface area contributed by atoms with E-state index in [1.807, 2.05) is 84.9 Å². The third-order valence-electron chi connectivity index (χ3n) is 15.4. The van der Waals surface area contributed by atoms with Crippen molar-refractivity contribution in [3.8, 4) is 5.82 Å². The molecule has 5 fully saturated rings. The van der Waals surface area contributed by atoms with Crippen molar-refractivity contribution >= 4 is 11.7 Å². The van der Waals surface area contributed by atoms with Crippen LogP contribution in [0.15, 0.2) is 41.9 Å². The fourth-order valence-corrected chi connectivity index (χ4v) is 11.1. The van der Waals surface area contributed by atoms with Gasteiger partial charge in [-0.15, -0.1) is 0 Å². The van der Waals surface area contributed by atoms with E-state index in [1.165, 1.54) is 0 Å². The maximum atomic E-state index is 14.8. The Labute approximate surface area is 404 Å². The molecule has 0 spiro atoms. The number of oxime groups is 1. The molecule has 0 amide bonds. The molecule has 68 heavy (non-hydrogen) atoms. The lowest BCUT2D eigenvalue weighted by atomic mass is 9.73. The van der Waals surface area contributed by atoms with Crippen molar-refractivity contribution in [2.75, 3.05) is 34.4 Å². The van der Waals surface area contributed by atoms with Crippen LogP contribution in [0.25, 0.3) is 5.82 Å². The van der Waals surface area contributed by atoms with Gasteiger partial charge in [0.05, 0.1) is 59.9 Å². The Hall–Kier alpha value is -3.14. The van der Waals surface area contributed by atoms with E-state index in [0.717, 1.165) is 5.56 Å². The van der Waals surface area contributed by atoms with Crippen molar-refractivity contribution in [2.24, 2.45) is 34.6 Å². The summed E-state index contributed by atoms with van der Waals surface area (Å²) in [7, 11) is 5.49. The number of rotatable bonds is 11. The quantitative estimate of drug-likeness (QED) is 0.177. The van der Waals surface area contributed by atoms with Gasteiger partial charge in [-0.1, -0.05) is 32.0 Å². The number of fused-ring (bicyclic) bond motifs is 15. The second kappa shape index (κ2) is 22.9. The molecule has 2 aromatic rings. The summed E-state index contributed by atoms with van der Waals surface area (Å²) in [6, 6.07) is 4.79. The van der Waals surface area contributed by atoms with E-state index in [-0.39, 0.29) is 49.7 Å². The standard InChI is InChI=1S/C50H83N7O11/c1-14-39-50(10,60)37-18-17-36(55-63-27-35-16-19-40(53-26-35)57-21-15-20-54-57)28-62-49(9,23-30(3)52-25-29(37)2)45(68-47-42(58)38(56(11)12)22-31(4)64-47)32(5)43(33(6)46(59)66-39)67-41-24-48(8,61-13)44(51)34(7)65-41/h15-16,19-21,26,29-34,37-39,41-45,47,52,58,60H,14,17-18,22-25,27-28,51H2,1-13H3/b55-36+/t29-,30-,31+,32-,33+,34-,37+,38-,39+,41-,42+,43-,44+,45+,47-,48+,49+,50-/m0/s1. The topological polar surface area (TPSA) is 216 Å². The molecule has 0 unspecified atom stereocenters. The fraction of sp³-hybridized carbons (Fsp3) is 0.800. The maximum Gasteiger partial charge on any atom is 0.311 e. The summed E-state index contributed by atoms with van der Waals surface area (Å²) in [4.78, 5) is 27.5. The number of ether oxygens (including phenoxy) is 7. The van der Waals surface area contributed by atoms with Gasteiger partial charge in [-0.2, -0.15) is 5.10 Å². The molecule has 0 aliphatic carbocycles. The highest BCUT2D eigenvalue weighted by molar-refractivity contribution is 5.85. The summed E-state index contributed by atoms with van der Waals surface area (Å²) in [6.07, 6.45) is 1.52. The van der Waals surface area contributed by atoms with Crippen LogP contribution >= 0.6 is 0 Å². The summed E-state index contributed by atoms with van der Waals surface area (Å²) >= 11 is 0. The number of likely N-dealkylation sites (N-methyl/N-ethyl adjacent to an activating group) is 1. The number of nitrogens with two attached hydrogens (primary N) is 1. The average molecular weight is 958 g/mol. The first-order valence-electron chi connectivity index (χ1n) is 24.8. The van der Waals surface area contributed by atoms with E-state index in [0.29, 0.717) is 50.2 Å². The van der Waals surface area contributed by atoms with Crippen molar-refractivity contribution in [3.63, 3.8) is 0 Å². The van der Waals surface area contributed by atoms with Gasteiger partial charge in [0.1, 0.15) is 24.4 Å². The number of carbonyl (C=O) groups excluding carboxylic acids is 1. The number of esters is 1. The normalized spacial score (nSPS) is 42.1. The molecule has 0 saturated carbocycles. The minimum absolute atomic E-state index is 0.0430. The third kappa shape index (κ3) is 12.5. The van der Waals surface area contributed by atoms with Gasteiger partial charge in [0.2, 0.25) is 0 Å². The smallest absolute Gasteiger partial charge is 0.311 e. The van der Waals surface area contributed by atoms with Crippen LogP contribution in [0, 0.1) is 23.7 Å². The monoisotopic (exact) mass is 958 g/mol. The molecule has 2 aromatic heterocycles. The molecule has 18 nitrogen and oxygen atoms in total. The molecule has 7 rings (SSSR count). The number of aliphatic hydroxyl groups is 2. The van der Waals surface area contributed by atoms with Crippen LogP contribution in [0.4, 0.5) is 0 Å². The number of hydrogen-bond donors (Lipinski definition) is 4. The summed E-state index contributed by atoms with van der Waals surface area (Å²) in [5.41, 5.74) is 4.67. The van der Waals surface area contributed by atoms with Crippen LogP contribution in [0.2, 0.25) is 0 Å². The van der Waals surface area contributed by atoms with Crippen LogP contribution in [-0.2, 0) is 49.4 Å². The Morgan fingerprint density at radius 2 is 1.82 bits per heavy atom. The third-order valence-corrected chi connectivity index (χ3v) is 15.4. The van der Waals surface area contributed by atoms with Gasteiger partial charge in [-0.25, -0.2) is 9.67 Å². The minimum atomic E-state index is -1.46. The summed E-state index contributed by atoms with van der Waals surface area (Å²) in [6.45, 7) is 20.2. The molecule has 18 heteroatoms. The van der Waals surface area contributed by atoms with E-state index in [1.54, 1.807) is 38.0 Å². The highest BCUT2D eigenvalue weighted by Gasteiger charge is 2.53. The Kier molecular flexibility index (Phi) is 18.3. The van der Waals surface area contributed by atoms with E-state index < -0.39 is 83.7 Å². The number of hydrogen-bond acceptors (Lipinski definition) is 17. The predicted molar refractivity (Wildman–Crippen MR) is 256 cm³/mol. The number of nitrogens with zero attached hydrogens (tertiary/aromatic N) is 5.